The summed E-state index contributed by atoms with van der Waals surface area (Å²) in [7, 11) is 0. The molecular weight excluding hydrogens is 292 g/mol. The Morgan fingerprint density at radius 3 is 2.65 bits per heavy atom. The zero-order chi connectivity index (χ0) is 16.2. The molecule has 128 valence electrons. The molecule has 0 unspecified atom stereocenters. The summed E-state index contributed by atoms with van der Waals surface area (Å²) in [5.74, 6) is 2.40. The van der Waals surface area contributed by atoms with Gasteiger partial charge >= 0.3 is 6.03 Å². The first-order valence-corrected chi connectivity index (χ1v) is 9.05. The molecule has 1 atom stereocenters. The highest BCUT2D eigenvalue weighted by Crippen LogP contribution is 2.35. The molecule has 1 N–H and O–H groups in total. The fourth-order valence-corrected chi connectivity index (χ4v) is 3.51. The van der Waals surface area contributed by atoms with Crippen molar-refractivity contribution in [3.8, 4) is 0 Å². The Morgan fingerprint density at radius 2 is 2.04 bits per heavy atom. The van der Waals surface area contributed by atoms with E-state index in [-0.39, 0.29) is 12.1 Å². The minimum atomic E-state index is -0.0260. The van der Waals surface area contributed by atoms with Crippen LogP contribution in [-0.4, -0.2) is 33.7 Å². The van der Waals surface area contributed by atoms with Gasteiger partial charge in [-0.15, -0.1) is 0 Å². The minimum absolute atomic E-state index is 0.0260. The maximum Gasteiger partial charge on any atom is 0.318 e. The van der Waals surface area contributed by atoms with Gasteiger partial charge in [0.2, 0.25) is 5.89 Å². The van der Waals surface area contributed by atoms with E-state index in [2.05, 4.69) is 22.4 Å². The van der Waals surface area contributed by atoms with Crippen molar-refractivity contribution >= 4 is 6.03 Å². The van der Waals surface area contributed by atoms with E-state index in [1.165, 1.54) is 32.1 Å². The van der Waals surface area contributed by atoms with Crippen LogP contribution in [0.2, 0.25) is 0 Å². The lowest BCUT2D eigenvalue weighted by molar-refractivity contribution is 0.188. The van der Waals surface area contributed by atoms with Crippen LogP contribution in [0.4, 0.5) is 4.79 Å². The van der Waals surface area contributed by atoms with Gasteiger partial charge in [-0.25, -0.2) is 4.79 Å². The number of hydrogen-bond donors (Lipinski definition) is 1. The smallest absolute Gasteiger partial charge is 0.318 e. The SMILES string of the molecule is CCN(Cc1noc(C2CCC2)n1)C(=O)N[C@H](C)C1CCCC1. The molecule has 2 aliphatic rings. The van der Waals surface area contributed by atoms with E-state index < -0.39 is 0 Å². The van der Waals surface area contributed by atoms with Crippen molar-refractivity contribution in [2.45, 2.75) is 77.3 Å². The molecule has 1 aromatic heterocycles. The maximum absolute atomic E-state index is 12.5. The van der Waals surface area contributed by atoms with Gasteiger partial charge in [0.15, 0.2) is 5.82 Å². The lowest BCUT2D eigenvalue weighted by Gasteiger charge is -2.25. The highest BCUT2D eigenvalue weighted by Gasteiger charge is 2.27. The standard InChI is InChI=1S/C17H28N4O2/c1-3-21(17(22)18-12(2)13-7-4-5-8-13)11-15-19-16(23-20-15)14-9-6-10-14/h12-14H,3-11H2,1-2H3,(H,18,22)/t12-/m1/s1. The summed E-state index contributed by atoms with van der Waals surface area (Å²) in [5, 5.41) is 7.18. The molecular formula is C17H28N4O2. The van der Waals surface area contributed by atoms with Gasteiger partial charge in [0.1, 0.15) is 0 Å². The molecule has 0 saturated heterocycles. The first-order valence-electron chi connectivity index (χ1n) is 9.05. The maximum atomic E-state index is 12.5. The number of nitrogens with zero attached hydrogens (tertiary/aromatic N) is 3. The molecule has 23 heavy (non-hydrogen) atoms. The van der Waals surface area contributed by atoms with E-state index in [4.69, 9.17) is 4.52 Å². The Morgan fingerprint density at radius 1 is 1.30 bits per heavy atom. The zero-order valence-electron chi connectivity index (χ0n) is 14.3. The number of urea groups is 1. The third kappa shape index (κ3) is 3.85. The highest BCUT2D eigenvalue weighted by atomic mass is 16.5. The van der Waals surface area contributed by atoms with Gasteiger partial charge in [0.05, 0.1) is 6.54 Å². The molecule has 0 aromatic carbocycles. The van der Waals surface area contributed by atoms with Crippen LogP contribution in [0.5, 0.6) is 0 Å². The molecule has 0 spiro atoms. The summed E-state index contributed by atoms with van der Waals surface area (Å²) in [5.41, 5.74) is 0. The van der Waals surface area contributed by atoms with Crippen LogP contribution in [0.15, 0.2) is 4.52 Å². The van der Waals surface area contributed by atoms with Gasteiger partial charge in [-0.1, -0.05) is 24.4 Å². The van der Waals surface area contributed by atoms with E-state index in [9.17, 15) is 4.79 Å². The van der Waals surface area contributed by atoms with Crippen LogP contribution in [-0.2, 0) is 6.54 Å². The first-order chi connectivity index (χ1) is 11.2. The fourth-order valence-electron chi connectivity index (χ4n) is 3.51. The van der Waals surface area contributed by atoms with Crippen LogP contribution in [0, 0.1) is 5.92 Å². The third-order valence-electron chi connectivity index (χ3n) is 5.40. The van der Waals surface area contributed by atoms with Gasteiger partial charge < -0.3 is 14.7 Å². The molecule has 1 heterocycles. The van der Waals surface area contributed by atoms with Crippen LogP contribution >= 0.6 is 0 Å². The second-order valence-electron chi connectivity index (χ2n) is 6.97. The van der Waals surface area contributed by atoms with Crippen molar-refractivity contribution in [1.82, 2.24) is 20.4 Å². The van der Waals surface area contributed by atoms with Crippen molar-refractivity contribution in [2.24, 2.45) is 5.92 Å². The zero-order valence-corrected chi connectivity index (χ0v) is 14.3. The average Bonchev–Trinajstić information content (AvgIpc) is 3.14. The van der Waals surface area contributed by atoms with Crippen molar-refractivity contribution in [3.05, 3.63) is 11.7 Å². The lowest BCUT2D eigenvalue weighted by atomic mass is 9.85. The molecule has 2 fully saturated rings. The topological polar surface area (TPSA) is 71.3 Å². The number of carbonyl (C=O) groups excluding carboxylic acids is 1. The number of hydrogen-bond acceptors (Lipinski definition) is 4. The molecule has 0 bridgehead atoms. The summed E-state index contributed by atoms with van der Waals surface area (Å²) in [6.45, 7) is 5.14. The highest BCUT2D eigenvalue weighted by molar-refractivity contribution is 5.74. The van der Waals surface area contributed by atoms with Gasteiger partial charge in [-0.05, 0) is 45.4 Å². The Hall–Kier alpha value is -1.59. The van der Waals surface area contributed by atoms with Crippen molar-refractivity contribution in [1.29, 1.82) is 0 Å². The summed E-state index contributed by atoms with van der Waals surface area (Å²) in [6, 6.07) is 0.205. The average molecular weight is 320 g/mol. The van der Waals surface area contributed by atoms with E-state index in [0.29, 0.717) is 30.7 Å². The summed E-state index contributed by atoms with van der Waals surface area (Å²) < 4.78 is 5.34. The number of amides is 2. The van der Waals surface area contributed by atoms with Gasteiger partial charge in [0, 0.05) is 18.5 Å². The van der Waals surface area contributed by atoms with Gasteiger partial charge in [-0.3, -0.25) is 0 Å². The molecule has 3 rings (SSSR count). The van der Waals surface area contributed by atoms with Crippen LogP contribution in [0.25, 0.3) is 0 Å². The van der Waals surface area contributed by atoms with Gasteiger partial charge in [-0.2, -0.15) is 4.98 Å². The normalized spacial score (nSPS) is 20.3. The number of aromatic nitrogens is 2. The van der Waals surface area contributed by atoms with Crippen molar-refractivity contribution in [3.63, 3.8) is 0 Å². The van der Waals surface area contributed by atoms with Crippen molar-refractivity contribution < 1.29 is 9.32 Å². The van der Waals surface area contributed by atoms with Crippen LogP contribution in [0.1, 0.15) is 76.4 Å². The number of rotatable bonds is 6. The molecule has 2 amide bonds. The predicted molar refractivity (Wildman–Crippen MR) is 86.9 cm³/mol. The first kappa shape index (κ1) is 16.3. The minimum Gasteiger partial charge on any atom is -0.339 e. The Balaban J connectivity index is 1.53. The second kappa shape index (κ2) is 7.32. The van der Waals surface area contributed by atoms with Crippen LogP contribution < -0.4 is 5.32 Å². The molecule has 2 aliphatic carbocycles. The van der Waals surface area contributed by atoms with E-state index >= 15 is 0 Å². The summed E-state index contributed by atoms with van der Waals surface area (Å²) >= 11 is 0. The molecule has 1 aromatic rings. The quantitative estimate of drug-likeness (QED) is 0.871. The second-order valence-corrected chi connectivity index (χ2v) is 6.97. The Labute approximate surface area is 138 Å². The molecule has 0 radical (unpaired) electrons. The van der Waals surface area contributed by atoms with Crippen molar-refractivity contribution in [2.75, 3.05) is 6.54 Å². The third-order valence-corrected chi connectivity index (χ3v) is 5.40. The van der Waals surface area contributed by atoms with Gasteiger partial charge in [0.25, 0.3) is 0 Å². The number of nitrogens with one attached hydrogen (secondary N) is 1. The fraction of sp³-hybridized carbons (Fsp3) is 0.824. The van der Waals surface area contributed by atoms with E-state index in [0.717, 1.165) is 18.7 Å². The van der Waals surface area contributed by atoms with E-state index in [1.54, 1.807) is 4.90 Å². The Kier molecular flexibility index (Phi) is 5.18. The monoisotopic (exact) mass is 320 g/mol. The summed E-state index contributed by atoms with van der Waals surface area (Å²) in [6.07, 6.45) is 8.54. The lowest BCUT2D eigenvalue weighted by Crippen LogP contribution is -2.45. The largest absolute Gasteiger partial charge is 0.339 e. The predicted octanol–water partition coefficient (Wildman–Crippen LogP) is 3.45. The van der Waals surface area contributed by atoms with E-state index in [1.807, 2.05) is 6.92 Å². The molecule has 6 heteroatoms. The van der Waals surface area contributed by atoms with Crippen LogP contribution in [0.3, 0.4) is 0 Å². The molecule has 6 nitrogen and oxygen atoms in total. The number of carbonyl (C=O) groups is 1. The summed E-state index contributed by atoms with van der Waals surface area (Å²) in [4.78, 5) is 18.7. The molecule has 2 saturated carbocycles. The Bertz CT molecular complexity index is 520. The molecule has 0 aliphatic heterocycles.